The summed E-state index contributed by atoms with van der Waals surface area (Å²) in [4.78, 5) is 2.14. The number of likely N-dealkylation sites (N-methyl/N-ethyl adjacent to an activating group) is 1. The fraction of sp³-hybridized carbons (Fsp3) is 0.200. The topological polar surface area (TPSA) is 28.0 Å². The molecule has 3 nitrogen and oxygen atoms in total. The molecule has 116 valence electrons. The minimum Gasteiger partial charge on any atom is -0.378 e. The lowest BCUT2D eigenvalue weighted by Gasteiger charge is -2.11. The summed E-state index contributed by atoms with van der Waals surface area (Å²) in [5.74, 6) is 0. The van der Waals surface area contributed by atoms with Gasteiger partial charge in [-0.3, -0.25) is 0 Å². The number of rotatable bonds is 5. The average molecular weight is 303 g/mol. The SMILES string of the molecule is CN(C)C1=CCC(c2ccccc2CN=Nc2ccccc2)=C1. The van der Waals surface area contributed by atoms with E-state index in [2.05, 4.69) is 65.6 Å². The van der Waals surface area contributed by atoms with Gasteiger partial charge in [0.25, 0.3) is 0 Å². The quantitative estimate of drug-likeness (QED) is 0.697. The Labute approximate surface area is 137 Å². The second kappa shape index (κ2) is 7.05. The van der Waals surface area contributed by atoms with Gasteiger partial charge in [0.1, 0.15) is 0 Å². The van der Waals surface area contributed by atoms with Crippen LogP contribution in [0.4, 0.5) is 5.69 Å². The molecule has 1 aliphatic carbocycles. The predicted molar refractivity (Wildman–Crippen MR) is 95.5 cm³/mol. The molecule has 0 bridgehead atoms. The molecular formula is C20H21N3. The van der Waals surface area contributed by atoms with Crippen LogP contribution < -0.4 is 0 Å². The lowest BCUT2D eigenvalue weighted by atomic mass is 9.99. The third kappa shape index (κ3) is 3.75. The van der Waals surface area contributed by atoms with E-state index < -0.39 is 0 Å². The van der Waals surface area contributed by atoms with Crippen molar-refractivity contribution in [2.45, 2.75) is 13.0 Å². The van der Waals surface area contributed by atoms with Crippen molar-refractivity contribution in [1.29, 1.82) is 0 Å². The summed E-state index contributed by atoms with van der Waals surface area (Å²) >= 11 is 0. The van der Waals surface area contributed by atoms with Crippen LogP contribution in [0, 0.1) is 0 Å². The highest BCUT2D eigenvalue weighted by Crippen LogP contribution is 2.30. The summed E-state index contributed by atoms with van der Waals surface area (Å²) in [5, 5.41) is 8.67. The molecule has 0 fully saturated rings. The lowest BCUT2D eigenvalue weighted by Crippen LogP contribution is -2.07. The van der Waals surface area contributed by atoms with Crippen LogP contribution in [0.3, 0.4) is 0 Å². The largest absolute Gasteiger partial charge is 0.378 e. The summed E-state index contributed by atoms with van der Waals surface area (Å²) in [5.41, 5.74) is 5.99. The first kappa shape index (κ1) is 15.2. The number of hydrogen-bond donors (Lipinski definition) is 0. The van der Waals surface area contributed by atoms with E-state index in [0.717, 1.165) is 12.1 Å². The second-order valence-corrected chi connectivity index (χ2v) is 5.79. The molecule has 1 aliphatic rings. The zero-order chi connectivity index (χ0) is 16.1. The highest BCUT2D eigenvalue weighted by Gasteiger charge is 2.12. The van der Waals surface area contributed by atoms with Crippen molar-refractivity contribution >= 4 is 11.3 Å². The Morgan fingerprint density at radius 2 is 1.70 bits per heavy atom. The van der Waals surface area contributed by atoms with Crippen LogP contribution in [-0.2, 0) is 6.54 Å². The Kier molecular flexibility index (Phi) is 4.67. The van der Waals surface area contributed by atoms with E-state index in [-0.39, 0.29) is 0 Å². The first-order chi connectivity index (χ1) is 11.2. The molecule has 0 radical (unpaired) electrons. The van der Waals surface area contributed by atoms with E-state index in [1.165, 1.54) is 22.4 Å². The number of nitrogens with zero attached hydrogens (tertiary/aromatic N) is 3. The Bertz CT molecular complexity index is 755. The summed E-state index contributed by atoms with van der Waals surface area (Å²) in [6, 6.07) is 18.3. The van der Waals surface area contributed by atoms with Crippen LogP contribution in [-0.4, -0.2) is 19.0 Å². The number of azo groups is 1. The zero-order valence-corrected chi connectivity index (χ0v) is 13.6. The molecule has 0 N–H and O–H groups in total. The Balaban J connectivity index is 1.77. The van der Waals surface area contributed by atoms with Crippen LogP contribution in [0.2, 0.25) is 0 Å². The van der Waals surface area contributed by atoms with Gasteiger partial charge in [-0.15, -0.1) is 0 Å². The second-order valence-electron chi connectivity index (χ2n) is 5.79. The van der Waals surface area contributed by atoms with Crippen molar-refractivity contribution in [3.63, 3.8) is 0 Å². The maximum atomic E-state index is 4.37. The first-order valence-corrected chi connectivity index (χ1v) is 7.83. The summed E-state index contributed by atoms with van der Waals surface area (Å²) in [6.07, 6.45) is 5.49. The third-order valence-electron chi connectivity index (χ3n) is 3.92. The van der Waals surface area contributed by atoms with E-state index in [1.807, 2.05) is 30.3 Å². The van der Waals surface area contributed by atoms with Gasteiger partial charge in [-0.1, -0.05) is 48.5 Å². The molecule has 2 aromatic rings. The molecule has 3 heteroatoms. The zero-order valence-electron chi connectivity index (χ0n) is 13.6. The van der Waals surface area contributed by atoms with Gasteiger partial charge in [0.15, 0.2) is 0 Å². The highest BCUT2D eigenvalue weighted by molar-refractivity contribution is 5.74. The van der Waals surface area contributed by atoms with Gasteiger partial charge >= 0.3 is 0 Å². The molecule has 0 spiro atoms. The van der Waals surface area contributed by atoms with Gasteiger partial charge < -0.3 is 4.90 Å². The van der Waals surface area contributed by atoms with Crippen molar-refractivity contribution in [1.82, 2.24) is 4.90 Å². The standard InChI is InChI=1S/C20H21N3/c1-23(2)19-13-12-16(14-19)20-11-7-6-8-17(20)15-21-22-18-9-4-3-5-10-18/h3-11,13-14H,12,15H2,1-2H3. The van der Waals surface area contributed by atoms with E-state index in [1.54, 1.807) is 0 Å². The molecule has 0 saturated carbocycles. The molecule has 0 aliphatic heterocycles. The maximum Gasteiger partial charge on any atom is 0.0859 e. The van der Waals surface area contributed by atoms with E-state index in [4.69, 9.17) is 0 Å². The van der Waals surface area contributed by atoms with Gasteiger partial charge in [0, 0.05) is 19.8 Å². The maximum absolute atomic E-state index is 4.37. The van der Waals surface area contributed by atoms with Gasteiger partial charge in [-0.05, 0) is 41.3 Å². The molecule has 0 saturated heterocycles. The molecule has 0 atom stereocenters. The van der Waals surface area contributed by atoms with E-state index >= 15 is 0 Å². The van der Waals surface area contributed by atoms with Gasteiger partial charge in [0.05, 0.1) is 12.2 Å². The van der Waals surface area contributed by atoms with Crippen LogP contribution in [0.1, 0.15) is 17.5 Å². The molecule has 2 aromatic carbocycles. The molecule has 23 heavy (non-hydrogen) atoms. The minimum absolute atomic E-state index is 0.597. The van der Waals surface area contributed by atoms with E-state index in [0.29, 0.717) is 6.54 Å². The number of allylic oxidation sites excluding steroid dienone is 3. The van der Waals surface area contributed by atoms with Crippen molar-refractivity contribution in [3.05, 3.63) is 83.6 Å². The predicted octanol–water partition coefficient (Wildman–Crippen LogP) is 5.20. The molecule has 3 rings (SSSR count). The van der Waals surface area contributed by atoms with Crippen molar-refractivity contribution in [3.8, 4) is 0 Å². The fourth-order valence-corrected chi connectivity index (χ4v) is 2.67. The molecule has 0 aromatic heterocycles. The number of hydrogen-bond acceptors (Lipinski definition) is 3. The van der Waals surface area contributed by atoms with Crippen LogP contribution >= 0.6 is 0 Å². The third-order valence-corrected chi connectivity index (χ3v) is 3.92. The van der Waals surface area contributed by atoms with Crippen molar-refractivity contribution in [2.24, 2.45) is 10.2 Å². The molecule has 0 amide bonds. The van der Waals surface area contributed by atoms with Gasteiger partial charge in [-0.2, -0.15) is 10.2 Å². The van der Waals surface area contributed by atoms with Gasteiger partial charge in [0.2, 0.25) is 0 Å². The Hall–Kier alpha value is -2.68. The Morgan fingerprint density at radius 1 is 0.957 bits per heavy atom. The van der Waals surface area contributed by atoms with E-state index in [9.17, 15) is 0 Å². The fourth-order valence-electron chi connectivity index (χ4n) is 2.67. The van der Waals surface area contributed by atoms with Crippen LogP contribution in [0.5, 0.6) is 0 Å². The summed E-state index contributed by atoms with van der Waals surface area (Å²) in [6.45, 7) is 0.597. The van der Waals surface area contributed by atoms with Crippen LogP contribution in [0.25, 0.3) is 5.57 Å². The summed E-state index contributed by atoms with van der Waals surface area (Å²) in [7, 11) is 4.15. The lowest BCUT2D eigenvalue weighted by molar-refractivity contribution is 0.531. The van der Waals surface area contributed by atoms with Crippen molar-refractivity contribution in [2.75, 3.05) is 14.1 Å². The smallest absolute Gasteiger partial charge is 0.0859 e. The first-order valence-electron chi connectivity index (χ1n) is 7.83. The molecular weight excluding hydrogens is 282 g/mol. The summed E-state index contributed by atoms with van der Waals surface area (Å²) < 4.78 is 0. The average Bonchev–Trinajstić information content (AvgIpc) is 3.06. The monoisotopic (exact) mass is 303 g/mol. The normalized spacial score (nSPS) is 14.0. The molecule has 0 unspecified atom stereocenters. The Morgan fingerprint density at radius 3 is 2.43 bits per heavy atom. The highest BCUT2D eigenvalue weighted by atomic mass is 15.1. The molecule has 0 heterocycles. The van der Waals surface area contributed by atoms with Gasteiger partial charge in [-0.25, -0.2) is 0 Å². The minimum atomic E-state index is 0.597. The van der Waals surface area contributed by atoms with Crippen LogP contribution in [0.15, 0.2) is 82.7 Å². The number of benzene rings is 2. The van der Waals surface area contributed by atoms with Crippen molar-refractivity contribution < 1.29 is 0 Å².